The van der Waals surface area contributed by atoms with E-state index in [9.17, 15) is 0 Å². The van der Waals surface area contributed by atoms with Gasteiger partial charge in [0.1, 0.15) is 0 Å². The zero-order chi connectivity index (χ0) is 13.1. The van der Waals surface area contributed by atoms with Crippen molar-refractivity contribution in [3.63, 3.8) is 0 Å². The molecule has 1 atom stereocenters. The van der Waals surface area contributed by atoms with Gasteiger partial charge < -0.3 is 14.8 Å². The van der Waals surface area contributed by atoms with Gasteiger partial charge in [-0.15, -0.1) is 0 Å². The summed E-state index contributed by atoms with van der Waals surface area (Å²) in [5.74, 6) is 0.828. The molecule has 1 heterocycles. The Hall–Kier alpha value is -1.52. The van der Waals surface area contributed by atoms with Crippen LogP contribution >= 0.6 is 0 Å². The minimum atomic E-state index is -1.83. The quantitative estimate of drug-likeness (QED) is 0.802. The molecule has 0 spiro atoms. The van der Waals surface area contributed by atoms with Gasteiger partial charge in [0.25, 0.3) is 0 Å². The maximum absolute atomic E-state index is 8.56. The summed E-state index contributed by atoms with van der Waals surface area (Å²) in [5, 5.41) is 13.9. The number of hydrogen-bond acceptors (Lipinski definition) is 2. The summed E-state index contributed by atoms with van der Waals surface area (Å²) < 4.78 is 2.18. The minimum Gasteiger partial charge on any atom is -0.450 e. The predicted octanol–water partition coefficient (Wildman–Crippen LogP) is 3.32. The second-order valence-electron chi connectivity index (χ2n) is 3.96. The first-order valence-corrected chi connectivity index (χ1v) is 5.97. The Morgan fingerprint density at radius 1 is 1.41 bits per heavy atom. The van der Waals surface area contributed by atoms with Crippen molar-refractivity contribution in [2.24, 2.45) is 5.92 Å². The van der Waals surface area contributed by atoms with Crippen LogP contribution in [0.25, 0.3) is 0 Å². The predicted molar refractivity (Wildman–Crippen MR) is 66.2 cm³/mol. The van der Waals surface area contributed by atoms with Crippen LogP contribution in [0.5, 0.6) is 0 Å². The summed E-state index contributed by atoms with van der Waals surface area (Å²) in [6, 6.07) is 0. The molecule has 0 aromatic carbocycles. The van der Waals surface area contributed by atoms with Gasteiger partial charge in [-0.1, -0.05) is 33.1 Å². The van der Waals surface area contributed by atoms with Crippen LogP contribution in [0, 0.1) is 5.92 Å². The SMILES string of the molecule is CCCCC(CC)Cn1ccnc1.O=C(O)O. The van der Waals surface area contributed by atoms with Crippen molar-refractivity contribution < 1.29 is 15.0 Å². The zero-order valence-corrected chi connectivity index (χ0v) is 10.5. The Morgan fingerprint density at radius 2 is 2.06 bits per heavy atom. The Balaban J connectivity index is 0.000000557. The molecule has 5 nitrogen and oxygen atoms in total. The number of aromatic nitrogens is 2. The zero-order valence-electron chi connectivity index (χ0n) is 10.5. The van der Waals surface area contributed by atoms with E-state index in [2.05, 4.69) is 29.6 Å². The summed E-state index contributed by atoms with van der Waals surface area (Å²) in [5.41, 5.74) is 0. The number of nitrogens with zero attached hydrogens (tertiary/aromatic N) is 2. The van der Waals surface area contributed by atoms with Crippen molar-refractivity contribution in [3.8, 4) is 0 Å². The summed E-state index contributed by atoms with van der Waals surface area (Å²) in [4.78, 5) is 12.6. The molecule has 0 aliphatic rings. The number of rotatable bonds is 6. The summed E-state index contributed by atoms with van der Waals surface area (Å²) >= 11 is 0. The van der Waals surface area contributed by atoms with Gasteiger partial charge in [-0.05, 0) is 12.3 Å². The number of carbonyl (C=O) groups is 1. The van der Waals surface area contributed by atoms with E-state index in [4.69, 9.17) is 15.0 Å². The van der Waals surface area contributed by atoms with E-state index >= 15 is 0 Å². The van der Waals surface area contributed by atoms with E-state index in [0.717, 1.165) is 12.5 Å². The third kappa shape index (κ3) is 9.41. The Labute approximate surface area is 102 Å². The molecule has 5 heteroatoms. The van der Waals surface area contributed by atoms with Crippen molar-refractivity contribution in [2.75, 3.05) is 0 Å². The van der Waals surface area contributed by atoms with Crippen molar-refractivity contribution in [2.45, 2.75) is 46.1 Å². The molecule has 0 fully saturated rings. The molecule has 0 aliphatic carbocycles. The first kappa shape index (κ1) is 15.5. The van der Waals surface area contributed by atoms with Gasteiger partial charge in [-0.3, -0.25) is 0 Å². The third-order valence-electron chi connectivity index (χ3n) is 2.57. The summed E-state index contributed by atoms with van der Waals surface area (Å²) in [6.45, 7) is 5.66. The third-order valence-corrected chi connectivity index (χ3v) is 2.57. The maximum Gasteiger partial charge on any atom is 0.503 e. The molecule has 1 aromatic heterocycles. The first-order chi connectivity index (χ1) is 8.10. The van der Waals surface area contributed by atoms with Gasteiger partial charge in [0, 0.05) is 18.9 Å². The molecular weight excluding hydrogens is 220 g/mol. The average molecular weight is 242 g/mol. The molecule has 0 amide bonds. The second kappa shape index (κ2) is 9.69. The lowest BCUT2D eigenvalue weighted by Gasteiger charge is -2.14. The molecule has 98 valence electrons. The summed E-state index contributed by atoms with van der Waals surface area (Å²) in [6.07, 6.45) is 9.27. The molecule has 1 rings (SSSR count). The van der Waals surface area contributed by atoms with E-state index in [-0.39, 0.29) is 0 Å². The van der Waals surface area contributed by atoms with Crippen molar-refractivity contribution in [1.29, 1.82) is 0 Å². The lowest BCUT2D eigenvalue weighted by Crippen LogP contribution is -2.08. The maximum atomic E-state index is 8.56. The lowest BCUT2D eigenvalue weighted by molar-refractivity contribution is 0.137. The highest BCUT2D eigenvalue weighted by Gasteiger charge is 2.05. The highest BCUT2D eigenvalue weighted by molar-refractivity contribution is 5.53. The molecular formula is C12H22N2O3. The van der Waals surface area contributed by atoms with Crippen LogP contribution in [0.3, 0.4) is 0 Å². The average Bonchev–Trinajstić information content (AvgIpc) is 2.76. The smallest absolute Gasteiger partial charge is 0.450 e. The van der Waals surface area contributed by atoms with E-state index < -0.39 is 6.16 Å². The fraction of sp³-hybridized carbons (Fsp3) is 0.667. The normalized spacial score (nSPS) is 11.4. The van der Waals surface area contributed by atoms with Gasteiger partial charge in [0.15, 0.2) is 0 Å². The van der Waals surface area contributed by atoms with E-state index in [0.29, 0.717) is 0 Å². The molecule has 17 heavy (non-hydrogen) atoms. The molecule has 0 saturated carbocycles. The Bertz CT molecular complexity index is 282. The fourth-order valence-electron chi connectivity index (χ4n) is 1.61. The van der Waals surface area contributed by atoms with Crippen molar-refractivity contribution >= 4 is 6.16 Å². The van der Waals surface area contributed by atoms with E-state index in [1.54, 1.807) is 0 Å². The number of carboxylic acid groups (broad SMARTS) is 2. The van der Waals surface area contributed by atoms with Crippen LogP contribution < -0.4 is 0 Å². The topological polar surface area (TPSA) is 75.4 Å². The molecule has 1 aromatic rings. The molecule has 2 N–H and O–H groups in total. The van der Waals surface area contributed by atoms with Crippen LogP contribution in [-0.2, 0) is 6.54 Å². The first-order valence-electron chi connectivity index (χ1n) is 5.97. The lowest BCUT2D eigenvalue weighted by atomic mass is 9.99. The standard InChI is InChI=1S/C11H20N2.CH2O3/c1-3-5-6-11(4-2)9-13-8-7-12-10-13;2-1(3)4/h7-8,10-11H,3-6,9H2,1-2H3;(H2,2,3,4). The number of hydrogen-bond donors (Lipinski definition) is 2. The van der Waals surface area contributed by atoms with Gasteiger partial charge >= 0.3 is 6.16 Å². The van der Waals surface area contributed by atoms with Crippen LogP contribution in [0.2, 0.25) is 0 Å². The minimum absolute atomic E-state index is 0.828. The van der Waals surface area contributed by atoms with Crippen molar-refractivity contribution in [1.82, 2.24) is 9.55 Å². The van der Waals surface area contributed by atoms with Gasteiger partial charge in [-0.25, -0.2) is 9.78 Å². The van der Waals surface area contributed by atoms with Gasteiger partial charge in [0.05, 0.1) is 6.33 Å². The summed E-state index contributed by atoms with van der Waals surface area (Å²) in [7, 11) is 0. The Kier molecular flexibility index (Phi) is 8.82. The second-order valence-corrected chi connectivity index (χ2v) is 3.96. The molecule has 0 radical (unpaired) electrons. The molecule has 1 unspecified atom stereocenters. The largest absolute Gasteiger partial charge is 0.503 e. The fourth-order valence-corrected chi connectivity index (χ4v) is 1.61. The van der Waals surface area contributed by atoms with Crippen molar-refractivity contribution in [3.05, 3.63) is 18.7 Å². The molecule has 0 aliphatic heterocycles. The van der Waals surface area contributed by atoms with Crippen LogP contribution in [0.15, 0.2) is 18.7 Å². The monoisotopic (exact) mass is 242 g/mol. The Morgan fingerprint density at radius 3 is 2.47 bits per heavy atom. The molecule has 0 saturated heterocycles. The highest BCUT2D eigenvalue weighted by atomic mass is 16.6. The highest BCUT2D eigenvalue weighted by Crippen LogP contribution is 2.14. The number of unbranched alkanes of at least 4 members (excludes halogenated alkanes) is 1. The van der Waals surface area contributed by atoms with E-state index in [1.807, 2.05) is 12.5 Å². The molecule has 0 bridgehead atoms. The van der Waals surface area contributed by atoms with Gasteiger partial charge in [-0.2, -0.15) is 0 Å². The van der Waals surface area contributed by atoms with Gasteiger partial charge in [0.2, 0.25) is 0 Å². The van der Waals surface area contributed by atoms with Crippen LogP contribution in [-0.4, -0.2) is 25.9 Å². The number of imidazole rings is 1. The van der Waals surface area contributed by atoms with Crippen LogP contribution in [0.4, 0.5) is 4.79 Å². The van der Waals surface area contributed by atoms with Crippen LogP contribution in [0.1, 0.15) is 39.5 Å². The van der Waals surface area contributed by atoms with E-state index in [1.165, 1.54) is 25.7 Å².